The van der Waals surface area contributed by atoms with Crippen LogP contribution in [-0.4, -0.2) is 16.7 Å². The molecule has 7 heteroatoms. The number of pyridine rings is 1. The van der Waals surface area contributed by atoms with Crippen LogP contribution in [-0.2, 0) is 12.6 Å². The van der Waals surface area contributed by atoms with Gasteiger partial charge in [0.1, 0.15) is 5.69 Å². The summed E-state index contributed by atoms with van der Waals surface area (Å²) in [7, 11) is 0. The Morgan fingerprint density at radius 2 is 1.76 bits per heavy atom. The van der Waals surface area contributed by atoms with E-state index in [0.717, 1.165) is 46.1 Å². The molecular formula is C22H18F3N3O. The van der Waals surface area contributed by atoms with E-state index in [2.05, 4.69) is 15.5 Å². The second-order valence-corrected chi connectivity index (χ2v) is 6.74. The summed E-state index contributed by atoms with van der Waals surface area (Å²) >= 11 is 0. The number of alkyl halides is 3. The van der Waals surface area contributed by atoms with E-state index < -0.39 is 11.7 Å². The van der Waals surface area contributed by atoms with Crippen LogP contribution in [0, 0.1) is 0 Å². The predicted molar refractivity (Wildman–Crippen MR) is 105 cm³/mol. The first-order valence-corrected chi connectivity index (χ1v) is 9.20. The highest BCUT2D eigenvalue weighted by Crippen LogP contribution is 2.29. The molecule has 0 atom stereocenters. The minimum Gasteiger partial charge on any atom is -0.354 e. The Labute approximate surface area is 165 Å². The molecule has 0 aliphatic rings. The van der Waals surface area contributed by atoms with Gasteiger partial charge in [-0.1, -0.05) is 29.4 Å². The van der Waals surface area contributed by atoms with Crippen LogP contribution in [0.15, 0.2) is 71.5 Å². The lowest BCUT2D eigenvalue weighted by atomic mass is 10.1. The number of fused-ring (bicyclic) bond motifs is 1. The highest BCUT2D eigenvalue weighted by Gasteiger charge is 2.29. The molecule has 1 N–H and O–H groups in total. The van der Waals surface area contributed by atoms with E-state index in [4.69, 9.17) is 4.52 Å². The number of hydrogen-bond donors (Lipinski definition) is 1. The van der Waals surface area contributed by atoms with Crippen molar-refractivity contribution < 1.29 is 17.7 Å². The SMILES string of the molecule is FC(F)(F)c1ccc(CCCNc2cc(-c3ccc4cnccc4c3)no2)cc1. The van der Waals surface area contributed by atoms with E-state index in [1.54, 1.807) is 6.20 Å². The van der Waals surface area contributed by atoms with Gasteiger partial charge >= 0.3 is 6.18 Å². The molecule has 0 bridgehead atoms. The van der Waals surface area contributed by atoms with Crippen molar-refractivity contribution in [3.8, 4) is 11.3 Å². The predicted octanol–water partition coefficient (Wildman–Crippen LogP) is 5.95. The fourth-order valence-corrected chi connectivity index (χ4v) is 3.10. The molecular weight excluding hydrogens is 379 g/mol. The molecule has 0 saturated heterocycles. The van der Waals surface area contributed by atoms with Crippen molar-refractivity contribution >= 4 is 16.7 Å². The maximum absolute atomic E-state index is 12.6. The van der Waals surface area contributed by atoms with Crippen molar-refractivity contribution in [3.05, 3.63) is 78.1 Å². The maximum atomic E-state index is 12.6. The molecule has 2 aromatic heterocycles. The molecule has 0 unspecified atom stereocenters. The van der Waals surface area contributed by atoms with Gasteiger partial charge in [0.2, 0.25) is 5.88 Å². The average Bonchev–Trinajstić information content (AvgIpc) is 3.19. The monoisotopic (exact) mass is 397 g/mol. The zero-order valence-electron chi connectivity index (χ0n) is 15.4. The normalized spacial score (nSPS) is 11.7. The number of hydrogen-bond acceptors (Lipinski definition) is 4. The number of aromatic nitrogens is 2. The smallest absolute Gasteiger partial charge is 0.354 e. The lowest BCUT2D eigenvalue weighted by Crippen LogP contribution is -2.05. The van der Waals surface area contributed by atoms with Crippen LogP contribution >= 0.6 is 0 Å². The first kappa shape index (κ1) is 19.0. The molecule has 0 aliphatic heterocycles. The van der Waals surface area contributed by atoms with Gasteiger partial charge in [-0.05, 0) is 48.1 Å². The lowest BCUT2D eigenvalue weighted by Gasteiger charge is -2.07. The van der Waals surface area contributed by atoms with Crippen LogP contribution < -0.4 is 5.32 Å². The van der Waals surface area contributed by atoms with Crippen LogP contribution in [0.3, 0.4) is 0 Å². The maximum Gasteiger partial charge on any atom is 0.416 e. The minimum atomic E-state index is -4.30. The fraction of sp³-hybridized carbons (Fsp3) is 0.182. The molecule has 148 valence electrons. The van der Waals surface area contributed by atoms with Gasteiger partial charge in [-0.2, -0.15) is 13.2 Å². The van der Waals surface area contributed by atoms with E-state index in [9.17, 15) is 13.2 Å². The van der Waals surface area contributed by atoms with Gasteiger partial charge in [-0.15, -0.1) is 0 Å². The first-order chi connectivity index (χ1) is 14.0. The number of aryl methyl sites for hydroxylation is 1. The van der Waals surface area contributed by atoms with Crippen LogP contribution in [0.25, 0.3) is 22.0 Å². The number of rotatable bonds is 6. The summed E-state index contributed by atoms with van der Waals surface area (Å²) < 4.78 is 43.1. The van der Waals surface area contributed by atoms with E-state index in [1.807, 2.05) is 36.5 Å². The average molecular weight is 397 g/mol. The lowest BCUT2D eigenvalue weighted by molar-refractivity contribution is -0.137. The van der Waals surface area contributed by atoms with Gasteiger partial charge in [0, 0.05) is 36.0 Å². The largest absolute Gasteiger partial charge is 0.416 e. The van der Waals surface area contributed by atoms with E-state index in [0.29, 0.717) is 18.8 Å². The topological polar surface area (TPSA) is 51.0 Å². The highest BCUT2D eigenvalue weighted by molar-refractivity contribution is 5.86. The number of nitrogens with one attached hydrogen (secondary N) is 1. The van der Waals surface area contributed by atoms with Gasteiger partial charge < -0.3 is 9.84 Å². The van der Waals surface area contributed by atoms with E-state index in [-0.39, 0.29) is 0 Å². The molecule has 29 heavy (non-hydrogen) atoms. The Bertz CT molecular complexity index is 1100. The van der Waals surface area contributed by atoms with Gasteiger partial charge in [-0.25, -0.2) is 0 Å². The molecule has 0 radical (unpaired) electrons. The molecule has 0 spiro atoms. The van der Waals surface area contributed by atoms with Gasteiger partial charge in [0.25, 0.3) is 0 Å². The molecule has 4 rings (SSSR count). The quantitative estimate of drug-likeness (QED) is 0.408. The minimum absolute atomic E-state index is 0.558. The Morgan fingerprint density at radius 3 is 2.55 bits per heavy atom. The Morgan fingerprint density at radius 1 is 0.931 bits per heavy atom. The highest BCUT2D eigenvalue weighted by atomic mass is 19.4. The molecule has 0 amide bonds. The summed E-state index contributed by atoms with van der Waals surface area (Å²) in [5.74, 6) is 0.558. The van der Waals surface area contributed by atoms with Crippen molar-refractivity contribution in [1.82, 2.24) is 10.1 Å². The Kier molecular flexibility index (Phi) is 5.20. The standard InChI is InChI=1S/C22H18F3N3O/c23-22(24,25)19-7-3-15(4-8-19)2-1-10-27-21-13-20(28-29-21)17-5-6-18-14-26-11-9-16(18)12-17/h3-9,11-14,27H,1-2,10H2. The summed E-state index contributed by atoms with van der Waals surface area (Å²) in [5.41, 5.74) is 1.92. The summed E-state index contributed by atoms with van der Waals surface area (Å²) in [6, 6.07) is 15.0. The summed E-state index contributed by atoms with van der Waals surface area (Å²) in [4.78, 5) is 4.10. The van der Waals surface area contributed by atoms with Crippen molar-refractivity contribution in [2.75, 3.05) is 11.9 Å². The van der Waals surface area contributed by atoms with E-state index in [1.165, 1.54) is 12.1 Å². The zero-order valence-corrected chi connectivity index (χ0v) is 15.4. The molecule has 0 fully saturated rings. The van der Waals surface area contributed by atoms with Crippen molar-refractivity contribution in [3.63, 3.8) is 0 Å². The third-order valence-electron chi connectivity index (χ3n) is 4.67. The van der Waals surface area contributed by atoms with Crippen molar-refractivity contribution in [2.45, 2.75) is 19.0 Å². The van der Waals surface area contributed by atoms with Crippen molar-refractivity contribution in [1.29, 1.82) is 0 Å². The van der Waals surface area contributed by atoms with Gasteiger partial charge in [0.15, 0.2) is 0 Å². The molecule has 4 nitrogen and oxygen atoms in total. The zero-order chi connectivity index (χ0) is 20.3. The molecule has 0 aliphatic carbocycles. The summed E-state index contributed by atoms with van der Waals surface area (Å²) in [6.45, 7) is 0.624. The molecule has 4 aromatic rings. The second kappa shape index (κ2) is 7.95. The Hall–Kier alpha value is -3.35. The number of nitrogens with zero attached hydrogens (tertiary/aromatic N) is 2. The Balaban J connectivity index is 1.31. The molecule has 2 aromatic carbocycles. The summed E-state index contributed by atoms with van der Waals surface area (Å²) in [6.07, 6.45) is 0.686. The molecule has 0 saturated carbocycles. The number of benzene rings is 2. The van der Waals surface area contributed by atoms with Gasteiger partial charge in [-0.3, -0.25) is 4.98 Å². The van der Waals surface area contributed by atoms with Crippen LogP contribution in [0.1, 0.15) is 17.5 Å². The number of halogens is 3. The third kappa shape index (κ3) is 4.56. The van der Waals surface area contributed by atoms with Crippen LogP contribution in [0.2, 0.25) is 0 Å². The van der Waals surface area contributed by atoms with Crippen LogP contribution in [0.5, 0.6) is 0 Å². The molecule has 2 heterocycles. The number of anilines is 1. The fourth-order valence-electron chi connectivity index (χ4n) is 3.10. The first-order valence-electron chi connectivity index (χ1n) is 9.20. The second-order valence-electron chi connectivity index (χ2n) is 6.74. The van der Waals surface area contributed by atoms with Crippen LogP contribution in [0.4, 0.5) is 19.1 Å². The van der Waals surface area contributed by atoms with E-state index >= 15 is 0 Å². The van der Waals surface area contributed by atoms with Gasteiger partial charge in [0.05, 0.1) is 5.56 Å². The third-order valence-corrected chi connectivity index (χ3v) is 4.67. The summed E-state index contributed by atoms with van der Waals surface area (Å²) in [5, 5.41) is 9.39. The van der Waals surface area contributed by atoms with Crippen molar-refractivity contribution in [2.24, 2.45) is 0 Å².